The molecule has 0 saturated heterocycles. The zero-order chi connectivity index (χ0) is 14.9. The third-order valence-corrected chi connectivity index (χ3v) is 4.36. The number of anilines is 1. The SMILES string of the molecule is CCNc1nc(-c2ccc(F)c(F)c2Br)nc(C)c1Br. The van der Waals surface area contributed by atoms with Crippen LogP contribution in [0.25, 0.3) is 11.4 Å². The van der Waals surface area contributed by atoms with E-state index in [0.29, 0.717) is 29.4 Å². The van der Waals surface area contributed by atoms with Crippen molar-refractivity contribution < 1.29 is 8.78 Å². The molecule has 1 aromatic carbocycles. The Morgan fingerprint density at radius 1 is 1.15 bits per heavy atom. The van der Waals surface area contributed by atoms with Crippen molar-refractivity contribution in [2.24, 2.45) is 0 Å². The summed E-state index contributed by atoms with van der Waals surface area (Å²) in [6.07, 6.45) is 0. The highest BCUT2D eigenvalue weighted by molar-refractivity contribution is 9.11. The molecule has 0 spiro atoms. The summed E-state index contributed by atoms with van der Waals surface area (Å²) < 4.78 is 27.5. The molecule has 1 N–H and O–H groups in total. The predicted octanol–water partition coefficient (Wildman–Crippen LogP) is 4.69. The van der Waals surface area contributed by atoms with Crippen molar-refractivity contribution in [3.05, 3.63) is 38.4 Å². The first-order chi connectivity index (χ1) is 9.45. The van der Waals surface area contributed by atoms with E-state index < -0.39 is 11.6 Å². The van der Waals surface area contributed by atoms with E-state index in [2.05, 4.69) is 47.1 Å². The van der Waals surface area contributed by atoms with Crippen LogP contribution in [0, 0.1) is 18.6 Å². The number of nitrogens with one attached hydrogen (secondary N) is 1. The summed E-state index contributed by atoms with van der Waals surface area (Å²) in [5.41, 5.74) is 1.11. The largest absolute Gasteiger partial charge is 0.369 e. The molecule has 7 heteroatoms. The molecule has 0 unspecified atom stereocenters. The van der Waals surface area contributed by atoms with E-state index in [1.807, 2.05) is 13.8 Å². The van der Waals surface area contributed by atoms with Gasteiger partial charge in [0.1, 0.15) is 5.82 Å². The number of rotatable bonds is 3. The Morgan fingerprint density at radius 3 is 2.50 bits per heavy atom. The molecule has 0 amide bonds. The van der Waals surface area contributed by atoms with Crippen molar-refractivity contribution in [2.45, 2.75) is 13.8 Å². The molecule has 20 heavy (non-hydrogen) atoms. The molecule has 106 valence electrons. The fourth-order valence-corrected chi connectivity index (χ4v) is 2.48. The molecule has 1 aromatic heterocycles. The van der Waals surface area contributed by atoms with E-state index in [1.54, 1.807) is 0 Å². The van der Waals surface area contributed by atoms with Gasteiger partial charge >= 0.3 is 0 Å². The second kappa shape index (κ2) is 6.13. The van der Waals surface area contributed by atoms with Gasteiger partial charge in [-0.1, -0.05) is 0 Å². The number of hydrogen-bond acceptors (Lipinski definition) is 3. The van der Waals surface area contributed by atoms with Gasteiger partial charge in [0.15, 0.2) is 17.5 Å². The number of halogens is 4. The van der Waals surface area contributed by atoms with Gasteiger partial charge < -0.3 is 5.32 Å². The van der Waals surface area contributed by atoms with E-state index in [1.165, 1.54) is 6.07 Å². The second-order valence-electron chi connectivity index (χ2n) is 4.05. The van der Waals surface area contributed by atoms with Crippen LogP contribution < -0.4 is 5.32 Å². The lowest BCUT2D eigenvalue weighted by molar-refractivity contribution is 0.504. The van der Waals surface area contributed by atoms with Crippen LogP contribution in [0.2, 0.25) is 0 Å². The fraction of sp³-hybridized carbons (Fsp3) is 0.231. The third kappa shape index (κ3) is 2.83. The summed E-state index contributed by atoms with van der Waals surface area (Å²) >= 11 is 6.45. The van der Waals surface area contributed by atoms with Gasteiger partial charge in [-0.25, -0.2) is 18.7 Å². The van der Waals surface area contributed by atoms with Crippen LogP contribution in [0.15, 0.2) is 21.1 Å². The molecule has 0 aliphatic carbocycles. The van der Waals surface area contributed by atoms with Crippen molar-refractivity contribution in [2.75, 3.05) is 11.9 Å². The summed E-state index contributed by atoms with van der Waals surface area (Å²) in [5, 5.41) is 3.09. The topological polar surface area (TPSA) is 37.8 Å². The maximum atomic E-state index is 13.6. The molecular weight excluding hydrogens is 396 g/mol. The smallest absolute Gasteiger partial charge is 0.173 e. The van der Waals surface area contributed by atoms with Crippen LogP contribution in [0.5, 0.6) is 0 Å². The number of aryl methyl sites for hydroxylation is 1. The molecule has 1 heterocycles. The van der Waals surface area contributed by atoms with Crippen molar-refractivity contribution >= 4 is 37.7 Å². The number of nitrogens with zero attached hydrogens (tertiary/aromatic N) is 2. The number of hydrogen-bond donors (Lipinski definition) is 1. The van der Waals surface area contributed by atoms with Crippen LogP contribution in [-0.4, -0.2) is 16.5 Å². The Hall–Kier alpha value is -1.08. The van der Waals surface area contributed by atoms with Crippen LogP contribution in [0.4, 0.5) is 14.6 Å². The molecule has 0 fully saturated rings. The standard InChI is InChI=1S/C13H11Br2F2N3/c1-3-18-13-9(14)6(2)19-12(20-13)7-4-5-8(16)11(17)10(7)15/h4-5H,3H2,1-2H3,(H,18,19,20). The first-order valence-electron chi connectivity index (χ1n) is 5.87. The Balaban J connectivity index is 2.61. The lowest BCUT2D eigenvalue weighted by Gasteiger charge is -2.11. The highest BCUT2D eigenvalue weighted by atomic mass is 79.9. The number of benzene rings is 1. The summed E-state index contributed by atoms with van der Waals surface area (Å²) in [4.78, 5) is 8.64. The zero-order valence-electron chi connectivity index (χ0n) is 10.8. The molecular formula is C13H11Br2F2N3. The Labute approximate surface area is 132 Å². The highest BCUT2D eigenvalue weighted by Crippen LogP contribution is 2.32. The van der Waals surface area contributed by atoms with Crippen LogP contribution in [0.1, 0.15) is 12.6 Å². The highest BCUT2D eigenvalue weighted by Gasteiger charge is 2.17. The minimum absolute atomic E-state index is 0.0154. The van der Waals surface area contributed by atoms with Crippen LogP contribution in [0.3, 0.4) is 0 Å². The molecule has 0 bridgehead atoms. The van der Waals surface area contributed by atoms with Crippen molar-refractivity contribution in [3.63, 3.8) is 0 Å². The minimum Gasteiger partial charge on any atom is -0.369 e. The van der Waals surface area contributed by atoms with E-state index >= 15 is 0 Å². The van der Waals surface area contributed by atoms with Gasteiger partial charge in [-0.3, -0.25) is 0 Å². The zero-order valence-corrected chi connectivity index (χ0v) is 13.9. The Bertz CT molecular complexity index is 663. The van der Waals surface area contributed by atoms with E-state index in [9.17, 15) is 8.78 Å². The lowest BCUT2D eigenvalue weighted by atomic mass is 10.2. The first kappa shape index (κ1) is 15.3. The molecule has 3 nitrogen and oxygen atoms in total. The lowest BCUT2D eigenvalue weighted by Crippen LogP contribution is -2.05. The summed E-state index contributed by atoms with van der Waals surface area (Å²) in [6.45, 7) is 4.44. The first-order valence-corrected chi connectivity index (χ1v) is 7.46. The Kier molecular flexibility index (Phi) is 4.70. The maximum absolute atomic E-state index is 13.6. The van der Waals surface area contributed by atoms with Crippen molar-refractivity contribution in [3.8, 4) is 11.4 Å². The van der Waals surface area contributed by atoms with Gasteiger partial charge in [0.05, 0.1) is 14.6 Å². The fourth-order valence-electron chi connectivity index (χ4n) is 1.66. The van der Waals surface area contributed by atoms with Gasteiger partial charge in [0, 0.05) is 12.1 Å². The average molecular weight is 407 g/mol. The molecule has 0 aliphatic heterocycles. The van der Waals surface area contributed by atoms with E-state index in [4.69, 9.17) is 0 Å². The molecule has 2 rings (SSSR count). The number of aromatic nitrogens is 2. The third-order valence-electron chi connectivity index (χ3n) is 2.64. The summed E-state index contributed by atoms with van der Waals surface area (Å²) in [7, 11) is 0. The average Bonchev–Trinajstić information content (AvgIpc) is 2.41. The summed E-state index contributed by atoms with van der Waals surface area (Å²) in [6, 6.07) is 2.50. The predicted molar refractivity (Wildman–Crippen MR) is 81.7 cm³/mol. The van der Waals surface area contributed by atoms with Gasteiger partial charge in [-0.2, -0.15) is 0 Å². The van der Waals surface area contributed by atoms with Crippen LogP contribution in [-0.2, 0) is 0 Å². The second-order valence-corrected chi connectivity index (χ2v) is 5.63. The van der Waals surface area contributed by atoms with Crippen LogP contribution >= 0.6 is 31.9 Å². The quantitative estimate of drug-likeness (QED) is 0.751. The molecule has 0 saturated carbocycles. The van der Waals surface area contributed by atoms with Gasteiger partial charge in [-0.15, -0.1) is 0 Å². The normalized spacial score (nSPS) is 10.7. The van der Waals surface area contributed by atoms with E-state index in [0.717, 1.165) is 10.5 Å². The molecule has 0 aliphatic rings. The maximum Gasteiger partial charge on any atom is 0.173 e. The molecule has 0 radical (unpaired) electrons. The van der Waals surface area contributed by atoms with E-state index in [-0.39, 0.29) is 4.47 Å². The van der Waals surface area contributed by atoms with Crippen molar-refractivity contribution in [1.82, 2.24) is 9.97 Å². The monoisotopic (exact) mass is 405 g/mol. The van der Waals surface area contributed by atoms with Gasteiger partial charge in [0.2, 0.25) is 0 Å². The Morgan fingerprint density at radius 2 is 1.85 bits per heavy atom. The summed E-state index contributed by atoms with van der Waals surface area (Å²) in [5.74, 6) is -0.919. The minimum atomic E-state index is -0.948. The molecule has 0 atom stereocenters. The van der Waals surface area contributed by atoms with Gasteiger partial charge in [-0.05, 0) is 57.8 Å². The molecule has 2 aromatic rings. The van der Waals surface area contributed by atoms with Crippen molar-refractivity contribution in [1.29, 1.82) is 0 Å². The van der Waals surface area contributed by atoms with Gasteiger partial charge in [0.25, 0.3) is 0 Å².